The number of benzene rings is 1. The molecule has 4 heterocycles. The molecule has 3 saturated heterocycles. The maximum atomic E-state index is 13.3. The number of amides is 4. The van der Waals surface area contributed by atoms with Crippen molar-refractivity contribution in [3.63, 3.8) is 0 Å². The minimum atomic E-state index is -0.922. The van der Waals surface area contributed by atoms with Crippen LogP contribution < -0.4 is 10.6 Å². The quantitative estimate of drug-likeness (QED) is 0.697. The highest BCUT2D eigenvalue weighted by Gasteiger charge is 2.45. The van der Waals surface area contributed by atoms with E-state index in [9.17, 15) is 19.2 Å². The Hall–Kier alpha value is -2.58. The van der Waals surface area contributed by atoms with Crippen molar-refractivity contribution in [3.8, 4) is 0 Å². The molecule has 2 atom stereocenters. The van der Waals surface area contributed by atoms with E-state index in [1.807, 2.05) is 12.1 Å². The average Bonchev–Trinajstić information content (AvgIpc) is 3.33. The van der Waals surface area contributed by atoms with Gasteiger partial charge in [-0.15, -0.1) is 0 Å². The molecule has 164 valence electrons. The molecule has 4 aliphatic rings. The summed E-state index contributed by atoms with van der Waals surface area (Å²) in [6.45, 7) is 4.84. The summed E-state index contributed by atoms with van der Waals surface area (Å²) >= 11 is 0. The van der Waals surface area contributed by atoms with Gasteiger partial charge >= 0.3 is 0 Å². The van der Waals surface area contributed by atoms with Gasteiger partial charge in [0, 0.05) is 19.5 Å². The lowest BCUT2D eigenvalue weighted by molar-refractivity contribution is -0.136. The number of imide groups is 2. The van der Waals surface area contributed by atoms with Crippen LogP contribution in [-0.2, 0) is 16.1 Å². The summed E-state index contributed by atoms with van der Waals surface area (Å²) in [7, 11) is 0. The van der Waals surface area contributed by atoms with Crippen LogP contribution in [0.3, 0.4) is 0 Å². The maximum Gasteiger partial charge on any atom is 0.262 e. The molecule has 2 N–H and O–H groups in total. The van der Waals surface area contributed by atoms with Gasteiger partial charge in [0.1, 0.15) is 6.04 Å². The lowest BCUT2D eigenvalue weighted by Crippen LogP contribution is -2.54. The van der Waals surface area contributed by atoms with E-state index in [0.717, 1.165) is 42.6 Å². The van der Waals surface area contributed by atoms with Gasteiger partial charge in [0.25, 0.3) is 11.8 Å². The lowest BCUT2D eigenvalue weighted by Gasteiger charge is -2.28. The van der Waals surface area contributed by atoms with E-state index in [1.54, 1.807) is 6.07 Å². The van der Waals surface area contributed by atoms with Crippen molar-refractivity contribution in [1.82, 2.24) is 20.4 Å². The molecule has 0 radical (unpaired) electrons. The van der Waals surface area contributed by atoms with Gasteiger partial charge in [-0.1, -0.05) is 12.1 Å². The molecule has 8 heteroatoms. The standard InChI is InChI=1S/C23H28N4O4/c28-19-5-4-18(21(29)25-19)27-22(30)17-3-1-2-16(20(17)23(27)31)13-26-11-8-15(12-26)14-6-9-24-10-7-14/h1-3,14-15,18,24H,4-13H2,(H,25,28,29). The Morgan fingerprint density at radius 1 is 0.935 bits per heavy atom. The molecule has 0 aliphatic carbocycles. The van der Waals surface area contributed by atoms with E-state index >= 15 is 0 Å². The summed E-state index contributed by atoms with van der Waals surface area (Å²) in [6, 6.07) is 4.46. The molecular weight excluding hydrogens is 396 g/mol. The Morgan fingerprint density at radius 3 is 2.52 bits per heavy atom. The van der Waals surface area contributed by atoms with Gasteiger partial charge in [-0.3, -0.25) is 34.3 Å². The number of fused-ring (bicyclic) bond motifs is 1. The van der Waals surface area contributed by atoms with Gasteiger partial charge in [-0.2, -0.15) is 0 Å². The number of carbonyl (C=O) groups excluding carboxylic acids is 4. The van der Waals surface area contributed by atoms with E-state index in [2.05, 4.69) is 15.5 Å². The number of carbonyl (C=O) groups is 4. The van der Waals surface area contributed by atoms with Crippen LogP contribution >= 0.6 is 0 Å². The molecule has 1 aromatic rings. The van der Waals surface area contributed by atoms with E-state index in [0.29, 0.717) is 23.6 Å². The number of rotatable bonds is 4. The van der Waals surface area contributed by atoms with Crippen LogP contribution in [0.2, 0.25) is 0 Å². The molecule has 8 nitrogen and oxygen atoms in total. The molecule has 4 aliphatic heterocycles. The first kappa shape index (κ1) is 20.3. The maximum absolute atomic E-state index is 13.3. The van der Waals surface area contributed by atoms with Crippen molar-refractivity contribution in [1.29, 1.82) is 0 Å². The van der Waals surface area contributed by atoms with Crippen LogP contribution in [0.4, 0.5) is 0 Å². The largest absolute Gasteiger partial charge is 0.317 e. The van der Waals surface area contributed by atoms with E-state index in [-0.39, 0.29) is 18.7 Å². The van der Waals surface area contributed by atoms with Crippen molar-refractivity contribution in [2.45, 2.75) is 44.7 Å². The Bertz CT molecular complexity index is 940. The first-order valence-corrected chi connectivity index (χ1v) is 11.3. The van der Waals surface area contributed by atoms with Crippen molar-refractivity contribution in [2.24, 2.45) is 11.8 Å². The van der Waals surface area contributed by atoms with Crippen molar-refractivity contribution in [3.05, 3.63) is 34.9 Å². The Labute approximate surface area is 181 Å². The van der Waals surface area contributed by atoms with Crippen LogP contribution in [-0.4, -0.2) is 65.6 Å². The second-order valence-corrected chi connectivity index (χ2v) is 9.16. The monoisotopic (exact) mass is 424 g/mol. The van der Waals surface area contributed by atoms with Crippen molar-refractivity contribution < 1.29 is 19.2 Å². The second kappa shape index (κ2) is 8.16. The predicted octanol–water partition coefficient (Wildman–Crippen LogP) is 0.909. The van der Waals surface area contributed by atoms with Crippen molar-refractivity contribution >= 4 is 23.6 Å². The average molecular weight is 425 g/mol. The Morgan fingerprint density at radius 2 is 1.74 bits per heavy atom. The first-order chi connectivity index (χ1) is 15.0. The Kier molecular flexibility index (Phi) is 5.35. The molecule has 2 unspecified atom stereocenters. The summed E-state index contributed by atoms with van der Waals surface area (Å²) in [5, 5.41) is 5.68. The molecule has 1 aromatic carbocycles. The van der Waals surface area contributed by atoms with Crippen LogP contribution in [0.5, 0.6) is 0 Å². The summed E-state index contributed by atoms with van der Waals surface area (Å²) < 4.78 is 0. The molecule has 3 fully saturated rings. The van der Waals surface area contributed by atoms with Crippen LogP contribution in [0.25, 0.3) is 0 Å². The molecule has 0 saturated carbocycles. The number of nitrogens with one attached hydrogen (secondary N) is 2. The molecule has 4 amide bonds. The highest BCUT2D eigenvalue weighted by Crippen LogP contribution is 2.33. The fourth-order valence-electron chi connectivity index (χ4n) is 5.66. The van der Waals surface area contributed by atoms with Gasteiger partial charge < -0.3 is 5.32 Å². The fourth-order valence-corrected chi connectivity index (χ4v) is 5.66. The van der Waals surface area contributed by atoms with Crippen LogP contribution in [0, 0.1) is 11.8 Å². The van der Waals surface area contributed by atoms with E-state index in [4.69, 9.17) is 0 Å². The minimum absolute atomic E-state index is 0.128. The molecule has 0 spiro atoms. The van der Waals surface area contributed by atoms with Gasteiger partial charge in [-0.05, 0) is 68.8 Å². The first-order valence-electron chi connectivity index (χ1n) is 11.3. The number of piperidine rings is 2. The van der Waals surface area contributed by atoms with Gasteiger partial charge in [0.15, 0.2) is 0 Å². The molecule has 0 bridgehead atoms. The zero-order valence-corrected chi connectivity index (χ0v) is 17.6. The highest BCUT2D eigenvalue weighted by atomic mass is 16.2. The van der Waals surface area contributed by atoms with Gasteiger partial charge in [0.05, 0.1) is 11.1 Å². The molecule has 0 aromatic heterocycles. The van der Waals surface area contributed by atoms with Crippen LogP contribution in [0.15, 0.2) is 18.2 Å². The topological polar surface area (TPSA) is 98.8 Å². The zero-order valence-electron chi connectivity index (χ0n) is 17.6. The lowest BCUT2D eigenvalue weighted by atomic mass is 9.84. The smallest absolute Gasteiger partial charge is 0.262 e. The minimum Gasteiger partial charge on any atom is -0.317 e. The van der Waals surface area contributed by atoms with Gasteiger partial charge in [-0.25, -0.2) is 0 Å². The summed E-state index contributed by atoms with van der Waals surface area (Å²) in [5.74, 6) is -0.341. The third-order valence-corrected chi connectivity index (χ3v) is 7.31. The molecule has 31 heavy (non-hydrogen) atoms. The van der Waals surface area contributed by atoms with E-state index in [1.165, 1.54) is 19.3 Å². The summed E-state index contributed by atoms with van der Waals surface area (Å²) in [5.41, 5.74) is 1.63. The number of hydrogen-bond acceptors (Lipinski definition) is 6. The normalized spacial score (nSPS) is 27.7. The number of nitrogens with zero attached hydrogens (tertiary/aromatic N) is 2. The second-order valence-electron chi connectivity index (χ2n) is 9.16. The number of likely N-dealkylation sites (tertiary alicyclic amines) is 1. The fraction of sp³-hybridized carbons (Fsp3) is 0.565. The highest BCUT2D eigenvalue weighted by molar-refractivity contribution is 6.24. The SMILES string of the molecule is O=C1CCC(N2C(=O)c3cccc(CN4CCC(C5CCNCC5)C4)c3C2=O)C(=O)N1. The summed E-state index contributed by atoms with van der Waals surface area (Å²) in [4.78, 5) is 53.5. The zero-order chi connectivity index (χ0) is 21.5. The predicted molar refractivity (Wildman–Crippen MR) is 112 cm³/mol. The van der Waals surface area contributed by atoms with E-state index < -0.39 is 23.8 Å². The molecule has 5 rings (SSSR count). The van der Waals surface area contributed by atoms with Crippen molar-refractivity contribution in [2.75, 3.05) is 26.2 Å². The van der Waals surface area contributed by atoms with Crippen LogP contribution in [0.1, 0.15) is 58.4 Å². The number of hydrogen-bond donors (Lipinski definition) is 2. The third-order valence-electron chi connectivity index (χ3n) is 7.31. The van der Waals surface area contributed by atoms with Gasteiger partial charge in [0.2, 0.25) is 11.8 Å². The molecular formula is C23H28N4O4. The third kappa shape index (κ3) is 3.68. The summed E-state index contributed by atoms with van der Waals surface area (Å²) in [6.07, 6.45) is 3.94. The Balaban J connectivity index is 1.33.